The van der Waals surface area contributed by atoms with Gasteiger partial charge in [-0.3, -0.25) is 4.79 Å². The average Bonchev–Trinajstić information content (AvgIpc) is 2.22. The molecule has 1 aromatic rings. The normalized spacial score (nSPS) is 14.9. The van der Waals surface area contributed by atoms with E-state index in [1.165, 1.54) is 12.3 Å². The van der Waals surface area contributed by atoms with E-state index in [0.29, 0.717) is 11.5 Å². The predicted molar refractivity (Wildman–Crippen MR) is 54.9 cm³/mol. The number of aliphatic imine (C=N–C) groups is 1. The highest BCUT2D eigenvalue weighted by atomic mass is 16.5. The van der Waals surface area contributed by atoms with Crippen molar-refractivity contribution in [2.75, 3.05) is 0 Å². The summed E-state index contributed by atoms with van der Waals surface area (Å²) in [7, 11) is 0. The number of amides is 1. The molecule has 4 nitrogen and oxygen atoms in total. The highest BCUT2D eigenvalue weighted by Crippen LogP contribution is 2.20. The molecule has 1 heterocycles. The third-order valence-electron chi connectivity index (χ3n) is 1.87. The fourth-order valence-corrected chi connectivity index (χ4v) is 1.18. The van der Waals surface area contributed by atoms with Crippen LogP contribution in [0.2, 0.25) is 0 Å². The maximum absolute atomic E-state index is 10.8. The first-order chi connectivity index (χ1) is 7.24. The van der Waals surface area contributed by atoms with E-state index in [1.807, 2.05) is 0 Å². The van der Waals surface area contributed by atoms with Crippen LogP contribution in [0.25, 0.3) is 0 Å². The Hall–Kier alpha value is -2.10. The van der Waals surface area contributed by atoms with E-state index in [-0.39, 0.29) is 18.1 Å². The highest BCUT2D eigenvalue weighted by Gasteiger charge is 2.06. The minimum atomic E-state index is -0.182. The van der Waals surface area contributed by atoms with Crippen molar-refractivity contribution in [3.05, 3.63) is 36.1 Å². The summed E-state index contributed by atoms with van der Waals surface area (Å²) < 4.78 is 5.38. The van der Waals surface area contributed by atoms with Crippen molar-refractivity contribution in [2.45, 2.75) is 6.42 Å². The first-order valence-electron chi connectivity index (χ1n) is 4.48. The number of carbonyl (C=O) groups excluding carboxylic acids is 1. The average molecular weight is 203 g/mol. The number of aromatic hydroxyl groups is 1. The molecule has 0 atom stereocenters. The van der Waals surface area contributed by atoms with Crippen LogP contribution in [-0.4, -0.2) is 17.2 Å². The van der Waals surface area contributed by atoms with Crippen molar-refractivity contribution in [1.82, 2.24) is 0 Å². The third-order valence-corrected chi connectivity index (χ3v) is 1.87. The summed E-state index contributed by atoms with van der Waals surface area (Å²) in [4.78, 5) is 14.4. The third kappa shape index (κ3) is 2.43. The van der Waals surface area contributed by atoms with Gasteiger partial charge in [-0.1, -0.05) is 6.07 Å². The van der Waals surface area contributed by atoms with Crippen LogP contribution >= 0.6 is 0 Å². The smallest absolute Gasteiger partial charge is 0.249 e. The molecule has 1 aliphatic heterocycles. The van der Waals surface area contributed by atoms with Gasteiger partial charge < -0.3 is 9.84 Å². The zero-order valence-electron chi connectivity index (χ0n) is 7.88. The second-order valence-electron chi connectivity index (χ2n) is 3.06. The summed E-state index contributed by atoms with van der Waals surface area (Å²) in [6.45, 7) is 0. The molecule has 0 saturated carbocycles. The van der Waals surface area contributed by atoms with Crippen LogP contribution in [0.1, 0.15) is 6.42 Å². The standard InChI is InChI=1S/C11H9NO3/c13-8-2-1-3-9(6-8)15-10-4-5-11(14)12-7-10/h1-4,6-7,13H,5H2. The maximum atomic E-state index is 10.8. The van der Waals surface area contributed by atoms with Gasteiger partial charge in [0.05, 0.1) is 12.6 Å². The van der Waals surface area contributed by atoms with Crippen molar-refractivity contribution in [3.8, 4) is 11.5 Å². The van der Waals surface area contributed by atoms with Crippen molar-refractivity contribution in [2.24, 2.45) is 4.99 Å². The predicted octanol–water partition coefficient (Wildman–Crippen LogP) is 1.66. The molecule has 4 heteroatoms. The monoisotopic (exact) mass is 203 g/mol. The van der Waals surface area contributed by atoms with Gasteiger partial charge in [0.15, 0.2) is 0 Å². The van der Waals surface area contributed by atoms with Gasteiger partial charge in [-0.15, -0.1) is 0 Å². The molecular formula is C11H9NO3. The molecule has 76 valence electrons. The molecule has 1 aromatic carbocycles. The van der Waals surface area contributed by atoms with Crippen molar-refractivity contribution in [1.29, 1.82) is 0 Å². The van der Waals surface area contributed by atoms with Crippen LogP contribution in [0.15, 0.2) is 41.1 Å². The van der Waals surface area contributed by atoms with Gasteiger partial charge >= 0.3 is 0 Å². The molecule has 1 N–H and O–H groups in total. The molecule has 0 saturated heterocycles. The maximum Gasteiger partial charge on any atom is 0.249 e. The lowest BCUT2D eigenvalue weighted by molar-refractivity contribution is -0.117. The van der Waals surface area contributed by atoms with E-state index in [9.17, 15) is 9.90 Å². The number of phenolic OH excluding ortho intramolecular Hbond substituents is 1. The second-order valence-corrected chi connectivity index (χ2v) is 3.06. The van der Waals surface area contributed by atoms with Crippen LogP contribution in [0, 0.1) is 0 Å². The Morgan fingerprint density at radius 2 is 2.27 bits per heavy atom. The van der Waals surface area contributed by atoms with Gasteiger partial charge in [0.2, 0.25) is 5.91 Å². The number of hydrogen-bond acceptors (Lipinski definition) is 3. The zero-order valence-corrected chi connectivity index (χ0v) is 7.88. The lowest BCUT2D eigenvalue weighted by Gasteiger charge is -2.08. The van der Waals surface area contributed by atoms with Gasteiger partial charge in [0, 0.05) is 6.07 Å². The molecule has 2 rings (SSSR count). The quantitative estimate of drug-likeness (QED) is 0.795. The Balaban J connectivity index is 2.10. The molecule has 0 radical (unpaired) electrons. The molecular weight excluding hydrogens is 194 g/mol. The molecule has 0 spiro atoms. The minimum absolute atomic E-state index is 0.136. The Labute approximate surface area is 86.5 Å². The Morgan fingerprint density at radius 3 is 2.93 bits per heavy atom. The van der Waals surface area contributed by atoms with E-state index >= 15 is 0 Å². The van der Waals surface area contributed by atoms with Gasteiger partial charge in [0.25, 0.3) is 0 Å². The molecule has 0 fully saturated rings. The summed E-state index contributed by atoms with van der Waals surface area (Å²) >= 11 is 0. The number of carbonyl (C=O) groups is 1. The molecule has 0 aliphatic carbocycles. The van der Waals surface area contributed by atoms with Crippen molar-refractivity contribution >= 4 is 12.1 Å². The summed E-state index contributed by atoms with van der Waals surface area (Å²) in [5.41, 5.74) is 0. The number of allylic oxidation sites excluding steroid dienone is 1. The van der Waals surface area contributed by atoms with Crippen LogP contribution in [0.3, 0.4) is 0 Å². The number of hydrogen-bond donors (Lipinski definition) is 1. The molecule has 1 aliphatic rings. The lowest BCUT2D eigenvalue weighted by atomic mass is 10.3. The number of rotatable bonds is 2. The van der Waals surface area contributed by atoms with Gasteiger partial charge in [-0.25, -0.2) is 4.99 Å². The highest BCUT2D eigenvalue weighted by molar-refractivity contribution is 5.94. The molecule has 0 aromatic heterocycles. The summed E-state index contributed by atoms with van der Waals surface area (Å²) in [6, 6.07) is 6.44. The first kappa shape index (κ1) is 9.45. The number of benzene rings is 1. The Morgan fingerprint density at radius 1 is 1.40 bits per heavy atom. The summed E-state index contributed by atoms with van der Waals surface area (Å²) in [6.07, 6.45) is 3.28. The van der Waals surface area contributed by atoms with Crippen LogP contribution in [0.5, 0.6) is 11.5 Å². The molecule has 0 unspecified atom stereocenters. The van der Waals surface area contributed by atoms with E-state index in [1.54, 1.807) is 24.3 Å². The van der Waals surface area contributed by atoms with E-state index in [0.717, 1.165) is 0 Å². The first-order valence-corrected chi connectivity index (χ1v) is 4.48. The van der Waals surface area contributed by atoms with Gasteiger partial charge in [-0.05, 0) is 18.2 Å². The van der Waals surface area contributed by atoms with Gasteiger partial charge in [0.1, 0.15) is 17.3 Å². The summed E-state index contributed by atoms with van der Waals surface area (Å²) in [5.74, 6) is 0.984. The Bertz CT molecular complexity index is 449. The topological polar surface area (TPSA) is 58.9 Å². The zero-order chi connectivity index (χ0) is 10.7. The van der Waals surface area contributed by atoms with Crippen LogP contribution < -0.4 is 4.74 Å². The van der Waals surface area contributed by atoms with E-state index in [4.69, 9.17) is 4.74 Å². The van der Waals surface area contributed by atoms with Crippen LogP contribution in [0.4, 0.5) is 0 Å². The fraction of sp³-hybridized carbons (Fsp3) is 0.0909. The fourth-order valence-electron chi connectivity index (χ4n) is 1.18. The second kappa shape index (κ2) is 3.96. The number of nitrogens with zero attached hydrogens (tertiary/aromatic N) is 1. The van der Waals surface area contributed by atoms with Crippen LogP contribution in [-0.2, 0) is 4.79 Å². The largest absolute Gasteiger partial charge is 0.508 e. The molecule has 0 bridgehead atoms. The SMILES string of the molecule is O=C1CC=C(Oc2cccc(O)c2)C=N1. The van der Waals surface area contributed by atoms with Crippen molar-refractivity contribution < 1.29 is 14.6 Å². The van der Waals surface area contributed by atoms with E-state index in [2.05, 4.69) is 4.99 Å². The number of phenols is 1. The molecule has 15 heavy (non-hydrogen) atoms. The lowest BCUT2D eigenvalue weighted by Crippen LogP contribution is -2.05. The van der Waals surface area contributed by atoms with Crippen molar-refractivity contribution in [3.63, 3.8) is 0 Å². The number of ether oxygens (including phenoxy) is 1. The molecule has 1 amide bonds. The number of dihydropyridines is 1. The summed E-state index contributed by atoms with van der Waals surface area (Å²) in [5, 5.41) is 9.20. The van der Waals surface area contributed by atoms with Gasteiger partial charge in [-0.2, -0.15) is 0 Å². The Kier molecular flexibility index (Phi) is 2.49. The minimum Gasteiger partial charge on any atom is -0.508 e. The van der Waals surface area contributed by atoms with E-state index < -0.39 is 0 Å².